The molecule has 1 atom stereocenters. The van der Waals surface area contributed by atoms with Gasteiger partial charge in [0.1, 0.15) is 15.8 Å². The van der Waals surface area contributed by atoms with E-state index in [0.717, 1.165) is 37.9 Å². The maximum Gasteiger partial charge on any atom is 0.267 e. The molecule has 164 valence electrons. The van der Waals surface area contributed by atoms with Gasteiger partial charge in [-0.3, -0.25) is 18.9 Å². The maximum absolute atomic E-state index is 13.4. The third kappa shape index (κ3) is 4.53. The van der Waals surface area contributed by atoms with Crippen molar-refractivity contribution in [2.75, 3.05) is 25.0 Å². The summed E-state index contributed by atoms with van der Waals surface area (Å²) in [6.45, 7) is 5.91. The topological polar surface area (TPSA) is 75.9 Å². The molecule has 1 amide bonds. The first-order valence-corrected chi connectivity index (χ1v) is 11.8. The van der Waals surface area contributed by atoms with Crippen LogP contribution in [0, 0.1) is 6.92 Å². The average molecular weight is 459 g/mol. The summed E-state index contributed by atoms with van der Waals surface area (Å²) < 4.78 is 7.76. The van der Waals surface area contributed by atoms with E-state index in [2.05, 4.69) is 12.2 Å². The van der Waals surface area contributed by atoms with E-state index in [9.17, 15) is 9.59 Å². The maximum atomic E-state index is 13.4. The third-order valence-electron chi connectivity index (χ3n) is 5.49. The monoisotopic (exact) mass is 458 g/mol. The van der Waals surface area contributed by atoms with Crippen LogP contribution < -0.4 is 10.9 Å². The number of hydrogen-bond acceptors (Lipinski definition) is 7. The Kier molecular flexibility index (Phi) is 6.74. The van der Waals surface area contributed by atoms with Crippen molar-refractivity contribution in [3.05, 3.63) is 44.7 Å². The summed E-state index contributed by atoms with van der Waals surface area (Å²) in [6, 6.07) is 3.74. The van der Waals surface area contributed by atoms with E-state index >= 15 is 0 Å². The highest BCUT2D eigenvalue weighted by molar-refractivity contribution is 8.26. The summed E-state index contributed by atoms with van der Waals surface area (Å²) >= 11 is 6.64. The number of nitrogens with zero attached hydrogens (tertiary/aromatic N) is 3. The number of thioether (sulfide) groups is 1. The minimum absolute atomic E-state index is 0.0947. The molecule has 2 aromatic heterocycles. The molecule has 2 fully saturated rings. The van der Waals surface area contributed by atoms with E-state index in [4.69, 9.17) is 21.9 Å². The number of carbonyl (C=O) groups excluding carboxylic acids is 1. The van der Waals surface area contributed by atoms with Crippen molar-refractivity contribution in [2.24, 2.45) is 0 Å². The second-order valence-electron chi connectivity index (χ2n) is 7.77. The largest absolute Gasteiger partial charge is 0.376 e. The summed E-state index contributed by atoms with van der Waals surface area (Å²) in [7, 11) is 0. The van der Waals surface area contributed by atoms with Crippen molar-refractivity contribution in [2.45, 2.75) is 45.6 Å². The van der Waals surface area contributed by atoms with Crippen LogP contribution in [0.4, 0.5) is 5.82 Å². The molecule has 1 N–H and O–H groups in total. The molecular weight excluding hydrogens is 432 g/mol. The first-order chi connectivity index (χ1) is 15.0. The number of ether oxygens (including phenoxy) is 1. The summed E-state index contributed by atoms with van der Waals surface area (Å²) in [6.07, 6.45) is 7.29. The number of thiocarbonyl (C=S) groups is 1. The van der Waals surface area contributed by atoms with Crippen molar-refractivity contribution in [1.29, 1.82) is 0 Å². The lowest BCUT2D eigenvalue weighted by Crippen LogP contribution is -2.29. The number of pyridine rings is 1. The van der Waals surface area contributed by atoms with Crippen LogP contribution in [0.15, 0.2) is 28.0 Å². The predicted octanol–water partition coefficient (Wildman–Crippen LogP) is 3.60. The Morgan fingerprint density at radius 2 is 2.26 bits per heavy atom. The lowest BCUT2D eigenvalue weighted by atomic mass is 10.2. The van der Waals surface area contributed by atoms with Crippen molar-refractivity contribution in [1.82, 2.24) is 14.3 Å². The lowest BCUT2D eigenvalue weighted by Gasteiger charge is -2.15. The van der Waals surface area contributed by atoms with Crippen LogP contribution in [0.25, 0.3) is 11.7 Å². The predicted molar refractivity (Wildman–Crippen MR) is 128 cm³/mol. The van der Waals surface area contributed by atoms with Crippen LogP contribution in [0.5, 0.6) is 0 Å². The zero-order valence-electron chi connectivity index (χ0n) is 17.7. The van der Waals surface area contributed by atoms with Gasteiger partial charge in [0.2, 0.25) is 0 Å². The lowest BCUT2D eigenvalue weighted by molar-refractivity contribution is -0.122. The van der Waals surface area contributed by atoms with Gasteiger partial charge in [0, 0.05) is 25.9 Å². The number of fused-ring (bicyclic) bond motifs is 1. The van der Waals surface area contributed by atoms with Gasteiger partial charge in [0.05, 0.1) is 16.6 Å². The molecule has 2 aliphatic heterocycles. The van der Waals surface area contributed by atoms with Gasteiger partial charge < -0.3 is 10.1 Å². The molecule has 0 aromatic carbocycles. The number of aryl methyl sites for hydroxylation is 1. The van der Waals surface area contributed by atoms with Crippen molar-refractivity contribution >= 4 is 51.7 Å². The Morgan fingerprint density at radius 3 is 3.00 bits per heavy atom. The number of anilines is 1. The van der Waals surface area contributed by atoms with Gasteiger partial charge in [-0.15, -0.1) is 0 Å². The highest BCUT2D eigenvalue weighted by Gasteiger charge is 2.32. The molecule has 0 unspecified atom stereocenters. The summed E-state index contributed by atoms with van der Waals surface area (Å²) in [4.78, 5) is 33.1. The minimum atomic E-state index is -0.220. The number of unbranched alkanes of at least 4 members (excludes halogenated alkanes) is 1. The Labute approximate surface area is 190 Å². The third-order valence-corrected chi connectivity index (χ3v) is 6.87. The van der Waals surface area contributed by atoms with Crippen molar-refractivity contribution in [3.63, 3.8) is 0 Å². The van der Waals surface area contributed by atoms with Gasteiger partial charge in [-0.1, -0.05) is 43.4 Å². The second kappa shape index (κ2) is 9.50. The molecule has 0 bridgehead atoms. The fourth-order valence-corrected chi connectivity index (χ4v) is 5.02. The van der Waals surface area contributed by atoms with Gasteiger partial charge in [-0.25, -0.2) is 4.98 Å². The molecule has 0 aliphatic carbocycles. The minimum Gasteiger partial charge on any atom is -0.376 e. The molecule has 0 saturated carbocycles. The summed E-state index contributed by atoms with van der Waals surface area (Å²) in [5.41, 5.74) is 1.63. The van der Waals surface area contributed by atoms with Gasteiger partial charge in [0.25, 0.3) is 11.5 Å². The highest BCUT2D eigenvalue weighted by atomic mass is 32.2. The Morgan fingerprint density at radius 1 is 1.42 bits per heavy atom. The van der Waals surface area contributed by atoms with Crippen LogP contribution >= 0.6 is 24.0 Å². The molecule has 2 aromatic rings. The van der Waals surface area contributed by atoms with E-state index in [-0.39, 0.29) is 17.6 Å². The quantitative estimate of drug-likeness (QED) is 0.502. The van der Waals surface area contributed by atoms with Crippen LogP contribution in [-0.2, 0) is 9.53 Å². The van der Waals surface area contributed by atoms with Gasteiger partial charge in [-0.2, -0.15) is 0 Å². The molecule has 4 rings (SSSR count). The number of carbonyl (C=O) groups is 1. The molecule has 0 spiro atoms. The first-order valence-electron chi connectivity index (χ1n) is 10.6. The fraction of sp³-hybridized carbons (Fsp3) is 0.455. The van der Waals surface area contributed by atoms with E-state index < -0.39 is 0 Å². The van der Waals surface area contributed by atoms with Gasteiger partial charge in [-0.05, 0) is 43.9 Å². The number of rotatable bonds is 7. The number of amides is 1. The molecule has 2 aliphatic rings. The molecule has 31 heavy (non-hydrogen) atoms. The summed E-state index contributed by atoms with van der Waals surface area (Å²) in [5.74, 6) is 0.316. The van der Waals surface area contributed by atoms with Crippen LogP contribution in [-0.4, -0.2) is 50.3 Å². The highest BCUT2D eigenvalue weighted by Crippen LogP contribution is 2.33. The Hall–Kier alpha value is -2.23. The summed E-state index contributed by atoms with van der Waals surface area (Å²) in [5, 5.41) is 3.30. The van der Waals surface area contributed by atoms with Gasteiger partial charge >= 0.3 is 0 Å². The Balaban J connectivity index is 1.74. The van der Waals surface area contributed by atoms with E-state index in [1.807, 2.05) is 19.1 Å². The normalized spacial score (nSPS) is 20.4. The zero-order chi connectivity index (χ0) is 22.0. The smallest absolute Gasteiger partial charge is 0.267 e. The van der Waals surface area contributed by atoms with Crippen molar-refractivity contribution < 1.29 is 9.53 Å². The van der Waals surface area contributed by atoms with Crippen LogP contribution in [0.3, 0.4) is 0 Å². The van der Waals surface area contributed by atoms with E-state index in [0.29, 0.717) is 39.3 Å². The first kappa shape index (κ1) is 22.0. The van der Waals surface area contributed by atoms with E-state index in [1.165, 1.54) is 16.2 Å². The van der Waals surface area contributed by atoms with Gasteiger partial charge in [0.15, 0.2) is 0 Å². The average Bonchev–Trinajstić information content (AvgIpc) is 3.36. The number of hydrogen-bond donors (Lipinski definition) is 1. The van der Waals surface area contributed by atoms with Crippen molar-refractivity contribution in [3.8, 4) is 0 Å². The number of aromatic nitrogens is 2. The molecule has 4 heterocycles. The fourth-order valence-electron chi connectivity index (χ4n) is 3.73. The number of nitrogens with one attached hydrogen (secondary N) is 1. The molecular formula is C22H26N4O3S2. The standard InChI is InChI=1S/C22H26N4O3S2/c1-3-4-9-26-21(28)17(31-22(26)30)12-16-18(23-13-15-8-6-11-29-15)24-19-14(2)7-5-10-25(19)20(16)27/h5,7,10,12,15,23H,3-4,6,8-9,11,13H2,1-2H3/b17-12+/t15-/m1/s1. The molecule has 9 heteroatoms. The van der Waals surface area contributed by atoms with E-state index in [1.54, 1.807) is 17.2 Å². The molecule has 7 nitrogen and oxygen atoms in total. The zero-order valence-corrected chi connectivity index (χ0v) is 19.4. The molecule has 2 saturated heterocycles. The second-order valence-corrected chi connectivity index (χ2v) is 9.44. The molecule has 0 radical (unpaired) electrons. The van der Waals surface area contributed by atoms with Crippen LogP contribution in [0.1, 0.15) is 43.7 Å². The SMILES string of the molecule is CCCCN1C(=O)/C(=C\c2c(NC[C@H]3CCCO3)nc3c(C)cccn3c2=O)SC1=S. The Bertz CT molecular complexity index is 1110. The van der Waals surface area contributed by atoms with Crippen LogP contribution in [0.2, 0.25) is 0 Å².